The highest BCUT2D eigenvalue weighted by Crippen LogP contribution is 2.22. The van der Waals surface area contributed by atoms with Gasteiger partial charge in [-0.15, -0.1) is 0 Å². The van der Waals surface area contributed by atoms with Crippen molar-refractivity contribution in [3.8, 4) is 0 Å². The molecule has 1 heterocycles. The molecule has 1 atom stereocenters. The standard InChI is InChI=1S/C9H14N2O3/c1-4-5(2)7-8(13)11-14-9(7)10-6(3)12/h5H,4H2,1-3H3,(H,10,12)(H,11,13)/t5-/m0/s1. The van der Waals surface area contributed by atoms with Gasteiger partial charge in [-0.3, -0.25) is 14.9 Å². The van der Waals surface area contributed by atoms with Crippen LogP contribution in [0.5, 0.6) is 0 Å². The fourth-order valence-electron chi connectivity index (χ4n) is 1.21. The van der Waals surface area contributed by atoms with Crippen LogP contribution in [0.25, 0.3) is 0 Å². The quantitative estimate of drug-likeness (QED) is 0.771. The molecule has 0 aromatic carbocycles. The summed E-state index contributed by atoms with van der Waals surface area (Å²) in [4.78, 5) is 22.1. The number of H-pyrrole nitrogens is 1. The second kappa shape index (κ2) is 4.13. The summed E-state index contributed by atoms with van der Waals surface area (Å²) in [6.45, 7) is 5.24. The van der Waals surface area contributed by atoms with Crippen molar-refractivity contribution in [3.63, 3.8) is 0 Å². The Morgan fingerprint density at radius 3 is 2.79 bits per heavy atom. The van der Waals surface area contributed by atoms with Gasteiger partial charge in [-0.2, -0.15) is 5.16 Å². The minimum absolute atomic E-state index is 0.0688. The predicted octanol–water partition coefficient (Wildman–Crippen LogP) is 1.44. The van der Waals surface area contributed by atoms with Gasteiger partial charge in [0.25, 0.3) is 5.56 Å². The number of aromatic amines is 1. The number of anilines is 1. The third-order valence-corrected chi connectivity index (χ3v) is 2.13. The SMILES string of the molecule is CC[C@H](C)c1c(NC(C)=O)o[nH]c1=O. The smallest absolute Gasteiger partial charge is 0.285 e. The van der Waals surface area contributed by atoms with Crippen LogP contribution in [0.4, 0.5) is 5.88 Å². The van der Waals surface area contributed by atoms with Gasteiger partial charge in [0.1, 0.15) is 0 Å². The maximum absolute atomic E-state index is 11.3. The molecule has 1 rings (SSSR count). The molecule has 0 saturated heterocycles. The number of amides is 1. The largest absolute Gasteiger partial charge is 0.360 e. The third-order valence-electron chi connectivity index (χ3n) is 2.13. The number of aromatic nitrogens is 1. The fraction of sp³-hybridized carbons (Fsp3) is 0.556. The second-order valence-corrected chi connectivity index (χ2v) is 3.27. The molecular weight excluding hydrogens is 184 g/mol. The molecule has 5 nitrogen and oxygen atoms in total. The summed E-state index contributed by atoms with van der Waals surface area (Å²) in [6, 6.07) is 0. The van der Waals surface area contributed by atoms with Crippen LogP contribution in [0.1, 0.15) is 38.7 Å². The molecule has 0 spiro atoms. The normalized spacial score (nSPS) is 12.5. The van der Waals surface area contributed by atoms with Crippen molar-refractivity contribution in [2.45, 2.75) is 33.1 Å². The molecule has 1 aromatic heterocycles. The summed E-state index contributed by atoms with van der Waals surface area (Å²) in [7, 11) is 0. The number of carbonyl (C=O) groups is 1. The Morgan fingerprint density at radius 2 is 2.29 bits per heavy atom. The van der Waals surface area contributed by atoms with Crippen LogP contribution in [-0.2, 0) is 4.79 Å². The summed E-state index contributed by atoms with van der Waals surface area (Å²) in [5.41, 5.74) is 0.228. The number of rotatable bonds is 3. The lowest BCUT2D eigenvalue weighted by molar-refractivity contribution is -0.114. The van der Waals surface area contributed by atoms with Crippen LogP contribution in [0.15, 0.2) is 9.32 Å². The van der Waals surface area contributed by atoms with Gasteiger partial charge in [0.05, 0.1) is 5.56 Å². The van der Waals surface area contributed by atoms with Crippen molar-refractivity contribution in [2.75, 3.05) is 5.32 Å². The first-order valence-electron chi connectivity index (χ1n) is 4.55. The van der Waals surface area contributed by atoms with Crippen LogP contribution < -0.4 is 10.9 Å². The van der Waals surface area contributed by atoms with E-state index < -0.39 is 0 Å². The van der Waals surface area contributed by atoms with Crippen molar-refractivity contribution in [1.29, 1.82) is 0 Å². The monoisotopic (exact) mass is 198 g/mol. The van der Waals surface area contributed by atoms with E-state index >= 15 is 0 Å². The minimum Gasteiger partial charge on any atom is -0.360 e. The van der Waals surface area contributed by atoms with Crippen molar-refractivity contribution in [3.05, 3.63) is 15.9 Å². The minimum atomic E-state index is -0.275. The molecule has 5 heteroatoms. The average Bonchev–Trinajstić information content (AvgIpc) is 2.45. The Morgan fingerprint density at radius 1 is 1.64 bits per heavy atom. The summed E-state index contributed by atoms with van der Waals surface area (Å²) < 4.78 is 4.86. The molecule has 0 bridgehead atoms. The van der Waals surface area contributed by atoms with E-state index in [0.717, 1.165) is 6.42 Å². The van der Waals surface area contributed by atoms with Gasteiger partial charge in [-0.05, 0) is 12.3 Å². The Labute approximate surface area is 81.5 Å². The molecule has 14 heavy (non-hydrogen) atoms. The van der Waals surface area contributed by atoms with Gasteiger partial charge >= 0.3 is 0 Å². The van der Waals surface area contributed by atoms with Crippen molar-refractivity contribution in [1.82, 2.24) is 5.16 Å². The average molecular weight is 198 g/mol. The maximum atomic E-state index is 11.3. The third kappa shape index (κ3) is 2.04. The van der Waals surface area contributed by atoms with E-state index in [-0.39, 0.29) is 23.3 Å². The maximum Gasteiger partial charge on any atom is 0.285 e. The second-order valence-electron chi connectivity index (χ2n) is 3.27. The zero-order chi connectivity index (χ0) is 10.7. The lowest BCUT2D eigenvalue weighted by Crippen LogP contribution is -2.13. The molecule has 2 N–H and O–H groups in total. The molecule has 0 unspecified atom stereocenters. The highest BCUT2D eigenvalue weighted by molar-refractivity contribution is 5.87. The first-order valence-corrected chi connectivity index (χ1v) is 4.55. The molecule has 0 radical (unpaired) electrons. The van der Waals surface area contributed by atoms with Gasteiger partial charge in [0.2, 0.25) is 11.8 Å². The van der Waals surface area contributed by atoms with Crippen LogP contribution >= 0.6 is 0 Å². The van der Waals surface area contributed by atoms with E-state index in [4.69, 9.17) is 4.52 Å². The topological polar surface area (TPSA) is 75.1 Å². The highest BCUT2D eigenvalue weighted by atomic mass is 16.5. The number of hydrogen-bond acceptors (Lipinski definition) is 3. The van der Waals surface area contributed by atoms with E-state index in [1.807, 2.05) is 13.8 Å². The zero-order valence-electron chi connectivity index (χ0n) is 8.51. The van der Waals surface area contributed by atoms with Gasteiger partial charge < -0.3 is 4.52 Å². The first-order chi connectivity index (χ1) is 6.56. The molecule has 0 aliphatic heterocycles. The van der Waals surface area contributed by atoms with Gasteiger partial charge in [0.15, 0.2) is 0 Å². The van der Waals surface area contributed by atoms with E-state index in [9.17, 15) is 9.59 Å². The summed E-state index contributed by atoms with van der Waals surface area (Å²) in [6.07, 6.45) is 0.815. The van der Waals surface area contributed by atoms with E-state index in [0.29, 0.717) is 5.56 Å². The summed E-state index contributed by atoms with van der Waals surface area (Å²) in [5.74, 6) is 0.0495. The molecule has 1 amide bonds. The number of nitrogens with one attached hydrogen (secondary N) is 2. The Kier molecular flexibility index (Phi) is 3.11. The van der Waals surface area contributed by atoms with Crippen molar-refractivity contribution < 1.29 is 9.32 Å². The van der Waals surface area contributed by atoms with Gasteiger partial charge in [-0.25, -0.2) is 0 Å². The van der Waals surface area contributed by atoms with Crippen molar-refractivity contribution >= 4 is 11.8 Å². The first kappa shape index (κ1) is 10.6. The van der Waals surface area contributed by atoms with E-state index in [2.05, 4.69) is 10.5 Å². The molecule has 0 aliphatic rings. The van der Waals surface area contributed by atoms with Gasteiger partial charge in [-0.1, -0.05) is 13.8 Å². The van der Waals surface area contributed by atoms with E-state index in [1.54, 1.807) is 0 Å². The molecule has 1 aromatic rings. The predicted molar refractivity (Wildman–Crippen MR) is 52.3 cm³/mol. The molecule has 0 saturated carbocycles. The Bertz CT molecular complexity index is 378. The lowest BCUT2D eigenvalue weighted by atomic mass is 10.0. The Hall–Kier alpha value is -1.52. The zero-order valence-corrected chi connectivity index (χ0v) is 8.51. The summed E-state index contributed by atoms with van der Waals surface area (Å²) in [5, 5.41) is 4.69. The molecule has 78 valence electrons. The summed E-state index contributed by atoms with van der Waals surface area (Å²) >= 11 is 0. The number of carbonyl (C=O) groups excluding carboxylic acids is 1. The molecule has 0 aliphatic carbocycles. The van der Waals surface area contributed by atoms with Gasteiger partial charge in [0, 0.05) is 6.92 Å². The van der Waals surface area contributed by atoms with Crippen LogP contribution in [0, 0.1) is 0 Å². The van der Waals surface area contributed by atoms with Crippen LogP contribution in [-0.4, -0.2) is 11.1 Å². The van der Waals surface area contributed by atoms with Crippen LogP contribution in [0.2, 0.25) is 0 Å². The van der Waals surface area contributed by atoms with Crippen LogP contribution in [0.3, 0.4) is 0 Å². The molecule has 0 fully saturated rings. The van der Waals surface area contributed by atoms with E-state index in [1.165, 1.54) is 6.92 Å². The number of hydrogen-bond donors (Lipinski definition) is 2. The van der Waals surface area contributed by atoms with Crippen molar-refractivity contribution in [2.24, 2.45) is 0 Å². The lowest BCUT2D eigenvalue weighted by Gasteiger charge is -2.05. The fourth-order valence-corrected chi connectivity index (χ4v) is 1.21. The Balaban J connectivity index is 3.06. The highest BCUT2D eigenvalue weighted by Gasteiger charge is 2.18. The molecular formula is C9H14N2O3.